The summed E-state index contributed by atoms with van der Waals surface area (Å²) in [7, 11) is 0. The lowest BCUT2D eigenvalue weighted by Crippen LogP contribution is -2.45. The smallest absolute Gasteiger partial charge is 0.0976 e. The van der Waals surface area contributed by atoms with Gasteiger partial charge >= 0.3 is 0 Å². The molecule has 0 spiro atoms. The van der Waals surface area contributed by atoms with E-state index in [2.05, 4.69) is 67.3 Å². The number of ether oxygens (including phenoxy) is 1. The van der Waals surface area contributed by atoms with Gasteiger partial charge in [0.2, 0.25) is 0 Å². The molecule has 0 aromatic heterocycles. The molecule has 0 bridgehead atoms. The van der Waals surface area contributed by atoms with Crippen molar-refractivity contribution in [3.05, 3.63) is 71.3 Å². The zero-order valence-corrected chi connectivity index (χ0v) is 17.3. The largest absolute Gasteiger partial charge is 0.384 e. The molecule has 1 aliphatic rings. The monoisotopic (exact) mass is 389 g/mol. The van der Waals surface area contributed by atoms with Gasteiger partial charge in [0.15, 0.2) is 0 Å². The maximum absolute atomic E-state index is 12.0. The molecule has 1 fully saturated rings. The summed E-state index contributed by atoms with van der Waals surface area (Å²) in [5.74, 6) is 0.0319. The Labute approximate surface area is 169 Å². The molecular formula is C23H32ClNO2. The van der Waals surface area contributed by atoms with Crippen LogP contribution in [0.1, 0.15) is 42.4 Å². The van der Waals surface area contributed by atoms with Gasteiger partial charge in [-0.25, -0.2) is 0 Å². The molecule has 2 unspecified atom stereocenters. The lowest BCUT2D eigenvalue weighted by atomic mass is 9.74. The van der Waals surface area contributed by atoms with Gasteiger partial charge in [-0.15, -0.1) is 12.4 Å². The van der Waals surface area contributed by atoms with E-state index >= 15 is 0 Å². The van der Waals surface area contributed by atoms with Crippen LogP contribution in [0.5, 0.6) is 0 Å². The summed E-state index contributed by atoms with van der Waals surface area (Å²) in [6, 6.07) is 18.9. The minimum absolute atomic E-state index is 0. The van der Waals surface area contributed by atoms with E-state index < -0.39 is 5.60 Å². The molecule has 2 aromatic carbocycles. The molecule has 0 amide bonds. The zero-order chi connectivity index (χ0) is 18.4. The van der Waals surface area contributed by atoms with Crippen LogP contribution in [-0.2, 0) is 10.3 Å². The number of aryl methyl sites for hydroxylation is 1. The quantitative estimate of drug-likeness (QED) is 0.755. The minimum atomic E-state index is -0.873. The van der Waals surface area contributed by atoms with Crippen molar-refractivity contribution in [2.24, 2.45) is 0 Å². The summed E-state index contributed by atoms with van der Waals surface area (Å²) in [6.07, 6.45) is 1.69. The van der Waals surface area contributed by atoms with Gasteiger partial charge in [0.1, 0.15) is 0 Å². The first-order chi connectivity index (χ1) is 12.6. The molecule has 4 heteroatoms. The number of morpholine rings is 1. The molecule has 148 valence electrons. The lowest BCUT2D eigenvalue weighted by molar-refractivity contribution is -0.0285. The second-order valence-corrected chi connectivity index (χ2v) is 7.42. The van der Waals surface area contributed by atoms with Gasteiger partial charge in [-0.3, -0.25) is 4.90 Å². The molecule has 2 atom stereocenters. The van der Waals surface area contributed by atoms with Crippen molar-refractivity contribution in [3.63, 3.8) is 0 Å². The van der Waals surface area contributed by atoms with E-state index in [0.29, 0.717) is 0 Å². The van der Waals surface area contributed by atoms with E-state index in [-0.39, 0.29) is 18.3 Å². The van der Waals surface area contributed by atoms with Crippen LogP contribution in [0.4, 0.5) is 0 Å². The topological polar surface area (TPSA) is 32.7 Å². The fourth-order valence-electron chi connectivity index (χ4n) is 4.00. The van der Waals surface area contributed by atoms with Gasteiger partial charge in [0, 0.05) is 25.6 Å². The number of aliphatic hydroxyl groups is 1. The number of benzene rings is 2. The summed E-state index contributed by atoms with van der Waals surface area (Å²) in [5.41, 5.74) is 2.57. The molecule has 0 radical (unpaired) electrons. The van der Waals surface area contributed by atoms with Gasteiger partial charge < -0.3 is 9.84 Å². The van der Waals surface area contributed by atoms with E-state index in [1.165, 1.54) is 11.1 Å². The summed E-state index contributed by atoms with van der Waals surface area (Å²) < 4.78 is 5.51. The fourth-order valence-corrected chi connectivity index (χ4v) is 4.00. The number of nitrogens with zero attached hydrogens (tertiary/aromatic N) is 1. The van der Waals surface area contributed by atoms with Crippen molar-refractivity contribution < 1.29 is 9.84 Å². The first-order valence-corrected chi connectivity index (χ1v) is 9.78. The van der Waals surface area contributed by atoms with Crippen molar-refractivity contribution >= 4 is 12.4 Å². The zero-order valence-electron chi connectivity index (χ0n) is 16.4. The van der Waals surface area contributed by atoms with Crippen LogP contribution in [0.2, 0.25) is 0 Å². The van der Waals surface area contributed by atoms with E-state index in [9.17, 15) is 5.11 Å². The first-order valence-electron chi connectivity index (χ1n) is 9.78. The predicted molar refractivity (Wildman–Crippen MR) is 114 cm³/mol. The highest BCUT2D eigenvalue weighted by molar-refractivity contribution is 5.85. The van der Waals surface area contributed by atoms with Crippen LogP contribution in [0.3, 0.4) is 0 Å². The van der Waals surface area contributed by atoms with Gasteiger partial charge in [0.05, 0.1) is 18.8 Å². The highest BCUT2D eigenvalue weighted by Gasteiger charge is 2.39. The molecule has 1 heterocycles. The Bertz CT molecular complexity index is 671. The van der Waals surface area contributed by atoms with Crippen molar-refractivity contribution in [3.8, 4) is 0 Å². The third-order valence-corrected chi connectivity index (χ3v) is 5.51. The second kappa shape index (κ2) is 10.2. The lowest BCUT2D eigenvalue weighted by Gasteiger charge is -2.41. The highest BCUT2D eigenvalue weighted by Crippen LogP contribution is 2.41. The first kappa shape index (κ1) is 21.9. The molecule has 0 saturated carbocycles. The van der Waals surface area contributed by atoms with Crippen LogP contribution in [-0.4, -0.2) is 42.9 Å². The van der Waals surface area contributed by atoms with E-state index in [4.69, 9.17) is 4.74 Å². The van der Waals surface area contributed by atoms with Crippen LogP contribution in [0.15, 0.2) is 54.6 Å². The third kappa shape index (κ3) is 5.32. The van der Waals surface area contributed by atoms with Gasteiger partial charge in [-0.1, -0.05) is 73.5 Å². The molecule has 27 heavy (non-hydrogen) atoms. The molecule has 3 nitrogen and oxygen atoms in total. The Kier molecular flexibility index (Phi) is 8.30. The number of halogens is 1. The van der Waals surface area contributed by atoms with Crippen molar-refractivity contribution in [2.45, 2.75) is 38.2 Å². The van der Waals surface area contributed by atoms with Gasteiger partial charge in [-0.05, 0) is 24.5 Å². The average molecular weight is 390 g/mol. The highest BCUT2D eigenvalue weighted by atomic mass is 35.5. The number of hydrogen-bond acceptors (Lipinski definition) is 3. The molecule has 1 saturated heterocycles. The van der Waals surface area contributed by atoms with Gasteiger partial charge in [-0.2, -0.15) is 0 Å². The van der Waals surface area contributed by atoms with Crippen LogP contribution in [0, 0.1) is 6.92 Å². The maximum Gasteiger partial charge on any atom is 0.0976 e. The van der Waals surface area contributed by atoms with E-state index in [1.807, 2.05) is 6.07 Å². The van der Waals surface area contributed by atoms with Gasteiger partial charge in [0.25, 0.3) is 0 Å². The Balaban J connectivity index is 0.00000261. The Hall–Kier alpha value is -1.39. The SMILES string of the molecule is CCCC(O)(c1ccc(C)cc1)C(CN1CCOCC1)c1ccccc1.Cl. The average Bonchev–Trinajstić information content (AvgIpc) is 2.68. The van der Waals surface area contributed by atoms with E-state index in [1.54, 1.807) is 0 Å². The van der Waals surface area contributed by atoms with E-state index in [0.717, 1.165) is 51.3 Å². The normalized spacial score (nSPS) is 18.3. The Morgan fingerprint density at radius 1 is 1.04 bits per heavy atom. The van der Waals surface area contributed by atoms with Crippen LogP contribution < -0.4 is 0 Å². The second-order valence-electron chi connectivity index (χ2n) is 7.42. The summed E-state index contributed by atoms with van der Waals surface area (Å²) >= 11 is 0. The van der Waals surface area contributed by atoms with Crippen molar-refractivity contribution in [1.82, 2.24) is 4.90 Å². The molecule has 3 rings (SSSR count). The summed E-state index contributed by atoms with van der Waals surface area (Å²) in [5, 5.41) is 12.0. The molecular weight excluding hydrogens is 358 g/mol. The molecule has 1 N–H and O–H groups in total. The number of rotatable bonds is 7. The number of hydrogen-bond donors (Lipinski definition) is 1. The summed E-state index contributed by atoms with van der Waals surface area (Å²) in [6.45, 7) is 8.49. The van der Waals surface area contributed by atoms with Crippen LogP contribution >= 0.6 is 12.4 Å². The standard InChI is InChI=1S/C23H31NO2.ClH/c1-3-13-23(25,21-11-9-19(2)10-12-21)22(20-7-5-4-6-8-20)18-24-14-16-26-17-15-24;/h4-12,22,25H,3,13-18H2,1-2H3;1H. The van der Waals surface area contributed by atoms with Crippen molar-refractivity contribution in [1.29, 1.82) is 0 Å². The maximum atomic E-state index is 12.0. The minimum Gasteiger partial charge on any atom is -0.384 e. The van der Waals surface area contributed by atoms with Crippen molar-refractivity contribution in [2.75, 3.05) is 32.8 Å². The Morgan fingerprint density at radius 2 is 1.67 bits per heavy atom. The summed E-state index contributed by atoms with van der Waals surface area (Å²) in [4.78, 5) is 2.43. The third-order valence-electron chi connectivity index (χ3n) is 5.51. The van der Waals surface area contributed by atoms with Crippen LogP contribution in [0.25, 0.3) is 0 Å². The molecule has 1 aliphatic heterocycles. The fraction of sp³-hybridized carbons (Fsp3) is 0.478. The molecule has 2 aromatic rings. The molecule has 0 aliphatic carbocycles. The Morgan fingerprint density at radius 3 is 2.26 bits per heavy atom. The predicted octanol–water partition coefficient (Wildman–Crippen LogP) is 4.52.